The third kappa shape index (κ3) is 3.95. The summed E-state index contributed by atoms with van der Waals surface area (Å²) in [5.74, 6) is -1.08. The maximum Gasteiger partial charge on any atom is 0.264 e. The predicted octanol–water partition coefficient (Wildman–Crippen LogP) is 6.09. The van der Waals surface area contributed by atoms with Gasteiger partial charge in [0.2, 0.25) is 0 Å². The Morgan fingerprint density at radius 1 is 0.974 bits per heavy atom. The second kappa shape index (κ2) is 9.65. The van der Waals surface area contributed by atoms with E-state index in [0.29, 0.717) is 33.9 Å². The smallest absolute Gasteiger partial charge is 0.264 e. The molecule has 4 aromatic carbocycles. The molecule has 4 aromatic rings. The highest BCUT2D eigenvalue weighted by molar-refractivity contribution is 6.31. The fourth-order valence-corrected chi connectivity index (χ4v) is 5.91. The predicted molar refractivity (Wildman–Crippen MR) is 153 cm³/mol. The van der Waals surface area contributed by atoms with Gasteiger partial charge in [-0.15, -0.1) is 0 Å². The fraction of sp³-hybridized carbons (Fsp3) is 0.188. The van der Waals surface area contributed by atoms with E-state index in [1.807, 2.05) is 60.7 Å². The normalized spacial score (nSPS) is 19.0. The van der Waals surface area contributed by atoms with E-state index in [-0.39, 0.29) is 19.1 Å². The average Bonchev–Trinajstić information content (AvgIpc) is 3.34. The van der Waals surface area contributed by atoms with Gasteiger partial charge >= 0.3 is 0 Å². The first-order valence-electron chi connectivity index (χ1n) is 12.9. The van der Waals surface area contributed by atoms with Crippen molar-refractivity contribution in [3.05, 3.63) is 113 Å². The Kier molecular flexibility index (Phi) is 6.26. The number of benzene rings is 4. The quantitative estimate of drug-likeness (QED) is 0.279. The summed E-state index contributed by atoms with van der Waals surface area (Å²) in [5, 5.41) is 23.3. The van der Waals surface area contributed by atoms with E-state index in [1.54, 1.807) is 47.1 Å². The first-order valence-corrected chi connectivity index (χ1v) is 13.3. The largest absolute Gasteiger partial charge is 0.396 e. The highest BCUT2D eigenvalue weighted by Crippen LogP contribution is 2.47. The van der Waals surface area contributed by atoms with E-state index >= 15 is 0 Å². The van der Waals surface area contributed by atoms with Gasteiger partial charge in [0.15, 0.2) is 5.60 Å². The molecule has 0 aromatic heterocycles. The summed E-state index contributed by atoms with van der Waals surface area (Å²) in [5.41, 5.74) is 2.27. The Morgan fingerprint density at radius 3 is 2.54 bits per heavy atom. The number of hydrogen-bond donors (Lipinski definition) is 2. The SMILES string of the molecule is C[C@@H](/C=C/CCO)[C@]1(O)C(=O)N(Cc2cccc(N3C(=O)c4cccc5cccc3c45)c2)c2ccc(Cl)cc21. The van der Waals surface area contributed by atoms with Crippen LogP contribution in [-0.2, 0) is 16.9 Å². The van der Waals surface area contributed by atoms with Crippen LogP contribution < -0.4 is 9.80 Å². The summed E-state index contributed by atoms with van der Waals surface area (Å²) in [7, 11) is 0. The van der Waals surface area contributed by atoms with Crippen molar-refractivity contribution in [1.82, 2.24) is 0 Å². The van der Waals surface area contributed by atoms with Gasteiger partial charge in [-0.3, -0.25) is 14.5 Å². The molecule has 2 amide bonds. The van der Waals surface area contributed by atoms with E-state index in [9.17, 15) is 14.7 Å². The van der Waals surface area contributed by atoms with Gasteiger partial charge in [0.25, 0.3) is 11.8 Å². The van der Waals surface area contributed by atoms with Gasteiger partial charge < -0.3 is 15.1 Å². The maximum atomic E-state index is 13.8. The first kappa shape index (κ1) is 25.3. The summed E-state index contributed by atoms with van der Waals surface area (Å²) in [6.07, 6.45) is 3.94. The molecule has 2 aliphatic rings. The van der Waals surface area contributed by atoms with Crippen LogP contribution in [0.5, 0.6) is 0 Å². The second-order valence-corrected chi connectivity index (χ2v) is 10.5. The number of fused-ring (bicyclic) bond motifs is 1. The lowest BCUT2D eigenvalue weighted by Gasteiger charge is -2.28. The summed E-state index contributed by atoms with van der Waals surface area (Å²) in [6, 6.07) is 24.3. The molecule has 0 saturated carbocycles. The Hall–Kier alpha value is -3.97. The maximum absolute atomic E-state index is 13.8. The standard InChI is InChI=1S/C32H27ClN2O4/c1-20(7-2-3-16-36)32(39)26-18-23(33)14-15-27(26)34(31(32)38)19-21-8-4-11-24(17-21)35-28-13-6-10-22-9-5-12-25(29(22)28)30(35)37/h2,4-15,17-18,20,36,39H,3,16,19H2,1H3/b7-2+/t20-,32+/m0/s1. The van der Waals surface area contributed by atoms with Crippen LogP contribution in [0.25, 0.3) is 10.8 Å². The average molecular weight is 539 g/mol. The zero-order chi connectivity index (χ0) is 27.3. The fourth-order valence-electron chi connectivity index (χ4n) is 5.74. The van der Waals surface area contributed by atoms with Crippen molar-refractivity contribution in [2.24, 2.45) is 5.92 Å². The Bertz CT molecular complexity index is 1660. The number of aliphatic hydroxyl groups excluding tert-OH is 1. The molecule has 7 heteroatoms. The van der Waals surface area contributed by atoms with E-state index < -0.39 is 17.4 Å². The minimum Gasteiger partial charge on any atom is -0.396 e. The third-order valence-corrected chi connectivity index (χ3v) is 7.91. The molecule has 0 fully saturated rings. The third-order valence-electron chi connectivity index (χ3n) is 7.68. The van der Waals surface area contributed by atoms with E-state index in [1.165, 1.54) is 0 Å². The van der Waals surface area contributed by atoms with Crippen LogP contribution in [0, 0.1) is 5.92 Å². The molecule has 6 rings (SSSR count). The highest BCUT2D eigenvalue weighted by Gasteiger charge is 2.52. The number of amides is 2. The van der Waals surface area contributed by atoms with Gasteiger partial charge in [0, 0.05) is 34.2 Å². The van der Waals surface area contributed by atoms with Crippen LogP contribution in [0.1, 0.15) is 34.8 Å². The molecule has 0 unspecified atom stereocenters. The number of anilines is 3. The van der Waals surface area contributed by atoms with Gasteiger partial charge in [-0.1, -0.05) is 67.1 Å². The Balaban J connectivity index is 1.36. The van der Waals surface area contributed by atoms with Crippen LogP contribution in [0.3, 0.4) is 0 Å². The molecule has 2 N–H and O–H groups in total. The van der Waals surface area contributed by atoms with E-state index in [4.69, 9.17) is 16.7 Å². The van der Waals surface area contributed by atoms with Crippen LogP contribution >= 0.6 is 11.6 Å². The van der Waals surface area contributed by atoms with E-state index in [0.717, 1.165) is 22.0 Å². The lowest BCUT2D eigenvalue weighted by molar-refractivity contribution is -0.139. The summed E-state index contributed by atoms with van der Waals surface area (Å²) in [4.78, 5) is 30.6. The Labute approximate surface area is 231 Å². The zero-order valence-corrected chi connectivity index (χ0v) is 22.1. The number of nitrogens with zero attached hydrogens (tertiary/aromatic N) is 2. The summed E-state index contributed by atoms with van der Waals surface area (Å²) in [6.45, 7) is 1.97. The van der Waals surface area contributed by atoms with Crippen LogP contribution in [0.15, 0.2) is 91.0 Å². The number of hydrogen-bond acceptors (Lipinski definition) is 4. The van der Waals surface area contributed by atoms with Crippen molar-refractivity contribution in [2.75, 3.05) is 16.4 Å². The first-order chi connectivity index (χ1) is 18.8. The van der Waals surface area contributed by atoms with Gasteiger partial charge in [-0.2, -0.15) is 0 Å². The zero-order valence-electron chi connectivity index (χ0n) is 21.3. The van der Waals surface area contributed by atoms with Crippen LogP contribution in [0.2, 0.25) is 5.02 Å². The molecule has 2 atom stereocenters. The highest BCUT2D eigenvalue weighted by atomic mass is 35.5. The molecular formula is C32H27ClN2O4. The molecule has 0 bridgehead atoms. The van der Waals surface area contributed by atoms with Crippen molar-refractivity contribution in [3.8, 4) is 0 Å². The number of carbonyl (C=O) groups is 2. The van der Waals surface area contributed by atoms with Gasteiger partial charge in [-0.25, -0.2) is 0 Å². The minimum atomic E-state index is -1.80. The van der Waals surface area contributed by atoms with Crippen molar-refractivity contribution < 1.29 is 19.8 Å². The van der Waals surface area contributed by atoms with E-state index in [2.05, 4.69) is 0 Å². The number of rotatable bonds is 7. The molecule has 39 heavy (non-hydrogen) atoms. The van der Waals surface area contributed by atoms with Gasteiger partial charge in [-0.05, 0) is 59.8 Å². The number of halogens is 1. The lowest BCUT2D eigenvalue weighted by Crippen LogP contribution is -2.44. The van der Waals surface area contributed by atoms with Crippen molar-refractivity contribution in [1.29, 1.82) is 0 Å². The molecule has 0 aliphatic carbocycles. The van der Waals surface area contributed by atoms with Crippen LogP contribution in [0.4, 0.5) is 17.1 Å². The lowest BCUT2D eigenvalue weighted by atomic mass is 9.83. The molecule has 0 spiro atoms. The number of aliphatic hydroxyl groups is 2. The second-order valence-electron chi connectivity index (χ2n) is 10.0. The monoisotopic (exact) mass is 538 g/mol. The molecule has 2 heterocycles. The summed E-state index contributed by atoms with van der Waals surface area (Å²) < 4.78 is 0. The molecule has 2 aliphatic heterocycles. The molecule has 0 saturated heterocycles. The van der Waals surface area contributed by atoms with Crippen molar-refractivity contribution in [3.63, 3.8) is 0 Å². The van der Waals surface area contributed by atoms with Gasteiger partial charge in [0.1, 0.15) is 0 Å². The van der Waals surface area contributed by atoms with Crippen LogP contribution in [-0.4, -0.2) is 28.6 Å². The molecule has 0 radical (unpaired) electrons. The minimum absolute atomic E-state index is 0.0143. The summed E-state index contributed by atoms with van der Waals surface area (Å²) >= 11 is 6.29. The van der Waals surface area contributed by atoms with Gasteiger partial charge in [0.05, 0.1) is 23.5 Å². The molecular weight excluding hydrogens is 512 g/mol. The van der Waals surface area contributed by atoms with Crippen molar-refractivity contribution >= 4 is 51.2 Å². The van der Waals surface area contributed by atoms with Crippen molar-refractivity contribution in [2.45, 2.75) is 25.5 Å². The topological polar surface area (TPSA) is 81.1 Å². The Morgan fingerprint density at radius 2 is 1.74 bits per heavy atom. The number of carbonyl (C=O) groups excluding carboxylic acids is 2. The molecule has 196 valence electrons. The molecule has 6 nitrogen and oxygen atoms in total.